The Hall–Kier alpha value is -2.90. The highest BCUT2D eigenvalue weighted by Crippen LogP contribution is 2.22. The number of carbonyl (C=O) groups is 2. The van der Waals surface area contributed by atoms with Crippen LogP contribution in [0.4, 0.5) is 0 Å². The largest absolute Gasteiger partial charge is 0.451 e. The molecule has 7 nitrogen and oxygen atoms in total. The third-order valence-corrected chi connectivity index (χ3v) is 4.23. The van der Waals surface area contributed by atoms with Gasteiger partial charge >= 0.3 is 5.97 Å². The van der Waals surface area contributed by atoms with Crippen molar-refractivity contribution in [2.75, 3.05) is 6.54 Å². The van der Waals surface area contributed by atoms with Gasteiger partial charge in [-0.1, -0.05) is 41.4 Å². The monoisotopic (exact) mass is 419 g/mol. The second-order valence-corrected chi connectivity index (χ2v) is 6.59. The van der Waals surface area contributed by atoms with E-state index in [9.17, 15) is 9.59 Å². The number of ether oxygens (including phenoxy) is 1. The van der Waals surface area contributed by atoms with Crippen LogP contribution in [0.2, 0.25) is 10.0 Å². The van der Waals surface area contributed by atoms with Gasteiger partial charge in [-0.25, -0.2) is 0 Å². The van der Waals surface area contributed by atoms with E-state index >= 15 is 0 Å². The summed E-state index contributed by atoms with van der Waals surface area (Å²) in [7, 11) is 0. The zero-order chi connectivity index (χ0) is 20.1. The molecule has 9 heteroatoms. The summed E-state index contributed by atoms with van der Waals surface area (Å²) in [6.45, 7) is 1.25. The number of benzene rings is 2. The van der Waals surface area contributed by atoms with Gasteiger partial charge in [0, 0.05) is 10.6 Å². The molecule has 1 aromatic heterocycles. The van der Waals surface area contributed by atoms with Gasteiger partial charge in [-0.2, -0.15) is 0 Å². The Bertz CT molecular complexity index is 992. The van der Waals surface area contributed by atoms with Crippen molar-refractivity contribution in [3.8, 4) is 11.5 Å². The van der Waals surface area contributed by atoms with E-state index in [1.165, 1.54) is 18.2 Å². The van der Waals surface area contributed by atoms with E-state index in [1.54, 1.807) is 6.92 Å². The molecule has 2 aromatic carbocycles. The molecule has 0 bridgehead atoms. The first-order valence-corrected chi connectivity index (χ1v) is 9.01. The maximum Gasteiger partial charge on any atom is 0.326 e. The van der Waals surface area contributed by atoms with Crippen LogP contribution < -0.4 is 5.32 Å². The Morgan fingerprint density at radius 1 is 1.14 bits per heavy atom. The van der Waals surface area contributed by atoms with E-state index in [4.69, 9.17) is 32.4 Å². The van der Waals surface area contributed by atoms with E-state index < -0.39 is 18.0 Å². The second kappa shape index (κ2) is 8.86. The van der Waals surface area contributed by atoms with E-state index in [1.807, 2.05) is 30.3 Å². The molecule has 0 aliphatic heterocycles. The molecule has 3 aromatic rings. The molecule has 1 amide bonds. The molecule has 1 atom stereocenters. The van der Waals surface area contributed by atoms with Gasteiger partial charge in [0.15, 0.2) is 6.10 Å². The summed E-state index contributed by atoms with van der Waals surface area (Å²) in [4.78, 5) is 24.1. The normalized spacial score (nSPS) is 11.7. The van der Waals surface area contributed by atoms with Crippen molar-refractivity contribution in [1.29, 1.82) is 0 Å². The van der Waals surface area contributed by atoms with Crippen molar-refractivity contribution in [1.82, 2.24) is 15.5 Å². The Morgan fingerprint density at radius 3 is 2.61 bits per heavy atom. The van der Waals surface area contributed by atoms with Crippen LogP contribution in [0.3, 0.4) is 0 Å². The number of nitrogens with one attached hydrogen (secondary N) is 1. The highest BCUT2D eigenvalue weighted by Gasteiger charge is 2.20. The summed E-state index contributed by atoms with van der Waals surface area (Å²) in [5.74, 6) is -0.704. The maximum absolute atomic E-state index is 12.1. The lowest BCUT2D eigenvalue weighted by Crippen LogP contribution is -2.31. The topological polar surface area (TPSA) is 94.3 Å². The molecule has 0 fully saturated rings. The fraction of sp³-hybridized carbons (Fsp3) is 0.158. The molecule has 0 saturated heterocycles. The first kappa shape index (κ1) is 19.9. The summed E-state index contributed by atoms with van der Waals surface area (Å²) in [6.07, 6.45) is -0.770. The summed E-state index contributed by atoms with van der Waals surface area (Å²) in [5, 5.41) is 10.9. The lowest BCUT2D eigenvalue weighted by molar-refractivity contribution is -0.148. The first-order chi connectivity index (χ1) is 13.4. The fourth-order valence-corrected chi connectivity index (χ4v) is 2.80. The molecular formula is C19H15Cl2N3O4. The average molecular weight is 420 g/mol. The van der Waals surface area contributed by atoms with E-state index in [0.717, 1.165) is 5.56 Å². The molecule has 0 aliphatic carbocycles. The van der Waals surface area contributed by atoms with Crippen LogP contribution in [-0.2, 0) is 9.53 Å². The van der Waals surface area contributed by atoms with Crippen molar-refractivity contribution < 1.29 is 18.7 Å². The molecule has 0 saturated carbocycles. The highest BCUT2D eigenvalue weighted by molar-refractivity contribution is 6.36. The number of hydrogen-bond acceptors (Lipinski definition) is 6. The fourth-order valence-electron chi connectivity index (χ4n) is 2.31. The molecule has 3 rings (SSSR count). The first-order valence-electron chi connectivity index (χ1n) is 8.25. The molecule has 0 aliphatic rings. The minimum absolute atomic E-state index is 0.152. The van der Waals surface area contributed by atoms with Gasteiger partial charge in [-0.05, 0) is 37.3 Å². The smallest absolute Gasteiger partial charge is 0.326 e. The van der Waals surface area contributed by atoms with Crippen molar-refractivity contribution in [2.24, 2.45) is 0 Å². The minimum Gasteiger partial charge on any atom is -0.451 e. The van der Waals surface area contributed by atoms with Crippen molar-refractivity contribution in [3.63, 3.8) is 0 Å². The van der Waals surface area contributed by atoms with E-state index in [0.29, 0.717) is 10.9 Å². The number of nitrogens with zero attached hydrogens (tertiary/aromatic N) is 2. The molecule has 144 valence electrons. The number of carbonyl (C=O) groups excluding carboxylic acids is 2. The van der Waals surface area contributed by atoms with Crippen LogP contribution in [0.1, 0.15) is 29.3 Å². The van der Waals surface area contributed by atoms with Crippen LogP contribution in [0, 0.1) is 0 Å². The summed E-state index contributed by atoms with van der Waals surface area (Å²) in [6, 6.07) is 13.7. The van der Waals surface area contributed by atoms with Crippen LogP contribution in [0.25, 0.3) is 11.5 Å². The van der Waals surface area contributed by atoms with Crippen LogP contribution >= 0.6 is 23.2 Å². The Morgan fingerprint density at radius 2 is 1.89 bits per heavy atom. The number of halogens is 2. The van der Waals surface area contributed by atoms with Crippen LogP contribution in [-0.4, -0.2) is 28.6 Å². The van der Waals surface area contributed by atoms with Gasteiger partial charge in [0.1, 0.15) is 6.54 Å². The Labute approximate surface area is 170 Å². The van der Waals surface area contributed by atoms with Gasteiger partial charge in [0.05, 0.1) is 10.6 Å². The predicted molar refractivity (Wildman–Crippen MR) is 103 cm³/mol. The molecule has 1 unspecified atom stereocenters. The van der Waals surface area contributed by atoms with Gasteiger partial charge in [0.25, 0.3) is 11.8 Å². The summed E-state index contributed by atoms with van der Waals surface area (Å²) >= 11 is 11.8. The Balaban J connectivity index is 1.54. The zero-order valence-electron chi connectivity index (χ0n) is 14.7. The average Bonchev–Trinajstić information content (AvgIpc) is 3.17. The van der Waals surface area contributed by atoms with E-state index in [2.05, 4.69) is 15.5 Å². The van der Waals surface area contributed by atoms with Gasteiger partial charge in [-0.3, -0.25) is 9.59 Å². The van der Waals surface area contributed by atoms with E-state index in [-0.39, 0.29) is 23.0 Å². The summed E-state index contributed by atoms with van der Waals surface area (Å²) < 4.78 is 10.8. The standard InChI is InChI=1S/C19H15Cl2N3O4/c1-11(18-23-24-19(28-18)12-5-3-2-4-6-12)27-16(25)10-22-17(26)14-8-7-13(20)9-15(14)21/h2-9,11H,10H2,1H3,(H,22,26). The van der Waals surface area contributed by atoms with Gasteiger partial charge < -0.3 is 14.5 Å². The Kier molecular flexibility index (Phi) is 6.28. The molecular weight excluding hydrogens is 405 g/mol. The number of rotatable bonds is 6. The second-order valence-electron chi connectivity index (χ2n) is 5.75. The number of esters is 1. The van der Waals surface area contributed by atoms with Crippen molar-refractivity contribution >= 4 is 35.1 Å². The number of aromatic nitrogens is 2. The van der Waals surface area contributed by atoms with Gasteiger partial charge in [0.2, 0.25) is 5.89 Å². The van der Waals surface area contributed by atoms with Crippen molar-refractivity contribution in [3.05, 3.63) is 70.0 Å². The molecule has 0 radical (unpaired) electrons. The van der Waals surface area contributed by atoms with Crippen LogP contribution in [0.15, 0.2) is 52.9 Å². The van der Waals surface area contributed by atoms with Gasteiger partial charge in [-0.15, -0.1) is 10.2 Å². The maximum atomic E-state index is 12.1. The lowest BCUT2D eigenvalue weighted by Gasteiger charge is -2.10. The van der Waals surface area contributed by atoms with Crippen molar-refractivity contribution in [2.45, 2.75) is 13.0 Å². The predicted octanol–water partition coefficient (Wildman–Crippen LogP) is 4.08. The SMILES string of the molecule is CC(OC(=O)CNC(=O)c1ccc(Cl)cc1Cl)c1nnc(-c2ccccc2)o1. The third kappa shape index (κ3) is 4.88. The highest BCUT2D eigenvalue weighted by atomic mass is 35.5. The summed E-state index contributed by atoms with van der Waals surface area (Å²) in [5.41, 5.74) is 0.961. The lowest BCUT2D eigenvalue weighted by atomic mass is 10.2. The molecule has 28 heavy (non-hydrogen) atoms. The quantitative estimate of drug-likeness (QED) is 0.604. The number of amides is 1. The molecule has 1 heterocycles. The molecule has 1 N–H and O–H groups in total. The number of hydrogen-bond donors (Lipinski definition) is 1. The van der Waals surface area contributed by atoms with Crippen LogP contribution in [0.5, 0.6) is 0 Å². The third-order valence-electron chi connectivity index (χ3n) is 3.69. The minimum atomic E-state index is -0.770. The zero-order valence-corrected chi connectivity index (χ0v) is 16.2. The molecule has 0 spiro atoms.